The highest BCUT2D eigenvalue weighted by atomic mass is 32.1. The molecule has 2 aromatic carbocycles. The fraction of sp³-hybridized carbons (Fsp3) is 0.182. The molecule has 0 spiro atoms. The third-order valence-corrected chi connectivity index (χ3v) is 6.40. The maximum absolute atomic E-state index is 13.3. The lowest BCUT2D eigenvalue weighted by Crippen LogP contribution is -2.35. The van der Waals surface area contributed by atoms with E-state index in [-0.39, 0.29) is 5.91 Å². The number of nitrogen functional groups attached to an aromatic ring is 1. The van der Waals surface area contributed by atoms with Crippen LogP contribution in [0.15, 0.2) is 48.5 Å². The lowest BCUT2D eigenvalue weighted by molar-refractivity contribution is 0.0990. The molecule has 0 saturated heterocycles. The number of para-hydroxylation sites is 2. The van der Waals surface area contributed by atoms with Gasteiger partial charge in [-0.2, -0.15) is 0 Å². The number of pyridine rings is 1. The van der Waals surface area contributed by atoms with E-state index in [1.54, 1.807) is 0 Å². The van der Waals surface area contributed by atoms with Crippen molar-refractivity contribution in [3.63, 3.8) is 0 Å². The van der Waals surface area contributed by atoms with Gasteiger partial charge < -0.3 is 10.6 Å². The van der Waals surface area contributed by atoms with E-state index in [0.717, 1.165) is 51.8 Å². The molecule has 27 heavy (non-hydrogen) atoms. The number of aromatic nitrogens is 1. The number of benzene rings is 2. The number of nitrogens with zero attached hydrogens (tertiary/aromatic N) is 2. The van der Waals surface area contributed by atoms with Gasteiger partial charge in [0.25, 0.3) is 5.91 Å². The second kappa shape index (κ2) is 6.06. The van der Waals surface area contributed by atoms with E-state index in [1.165, 1.54) is 16.9 Å². The molecule has 4 nitrogen and oxygen atoms in total. The van der Waals surface area contributed by atoms with Crippen molar-refractivity contribution in [1.82, 2.24) is 4.98 Å². The van der Waals surface area contributed by atoms with E-state index < -0.39 is 0 Å². The van der Waals surface area contributed by atoms with E-state index in [0.29, 0.717) is 10.6 Å². The summed E-state index contributed by atoms with van der Waals surface area (Å²) < 4.78 is 0. The molecular weight excluding hydrogens is 354 g/mol. The van der Waals surface area contributed by atoms with Gasteiger partial charge in [-0.1, -0.05) is 36.4 Å². The molecule has 5 heteroatoms. The average Bonchev–Trinajstić information content (AvgIpc) is 3.02. The van der Waals surface area contributed by atoms with Gasteiger partial charge in [-0.3, -0.25) is 4.79 Å². The zero-order valence-corrected chi connectivity index (χ0v) is 15.8. The van der Waals surface area contributed by atoms with Gasteiger partial charge in [-0.25, -0.2) is 4.98 Å². The van der Waals surface area contributed by atoms with Crippen LogP contribution >= 0.6 is 11.3 Å². The van der Waals surface area contributed by atoms with Crippen LogP contribution in [0, 0.1) is 6.92 Å². The van der Waals surface area contributed by atoms with E-state index in [4.69, 9.17) is 10.7 Å². The monoisotopic (exact) mass is 373 g/mol. The van der Waals surface area contributed by atoms with E-state index in [2.05, 4.69) is 25.1 Å². The van der Waals surface area contributed by atoms with Crippen molar-refractivity contribution in [2.45, 2.75) is 19.8 Å². The number of anilines is 2. The number of carbonyl (C=O) groups is 1. The van der Waals surface area contributed by atoms with Gasteiger partial charge in [-0.05, 0) is 43.0 Å². The second-order valence-electron chi connectivity index (χ2n) is 7.02. The highest BCUT2D eigenvalue weighted by Crippen LogP contribution is 2.37. The Morgan fingerprint density at radius 3 is 2.93 bits per heavy atom. The molecular formula is C22H19N3OS. The molecule has 4 aromatic rings. The van der Waals surface area contributed by atoms with E-state index in [1.807, 2.05) is 35.2 Å². The minimum absolute atomic E-state index is 0.0246. The first kappa shape index (κ1) is 16.3. The molecule has 0 aliphatic carbocycles. The Labute approximate surface area is 161 Å². The molecule has 0 unspecified atom stereocenters. The summed E-state index contributed by atoms with van der Waals surface area (Å²) in [6.45, 7) is 2.77. The molecule has 5 rings (SSSR count). The smallest absolute Gasteiger partial charge is 0.270 e. The minimum atomic E-state index is -0.0246. The third-order valence-electron chi connectivity index (χ3n) is 5.30. The van der Waals surface area contributed by atoms with E-state index in [9.17, 15) is 4.79 Å². The second-order valence-corrected chi connectivity index (χ2v) is 8.02. The van der Waals surface area contributed by atoms with Crippen LogP contribution in [0.3, 0.4) is 0 Å². The van der Waals surface area contributed by atoms with Crippen LogP contribution in [0.1, 0.15) is 27.2 Å². The first-order valence-corrected chi connectivity index (χ1v) is 9.93. The molecule has 0 fully saturated rings. The summed E-state index contributed by atoms with van der Waals surface area (Å²) in [5.41, 5.74) is 11.3. The Bertz CT molecular complexity index is 1210. The van der Waals surface area contributed by atoms with Crippen LogP contribution in [0.2, 0.25) is 0 Å². The Hall–Kier alpha value is -2.92. The Morgan fingerprint density at radius 1 is 1.19 bits per heavy atom. The van der Waals surface area contributed by atoms with Crippen LogP contribution in [-0.4, -0.2) is 17.4 Å². The van der Waals surface area contributed by atoms with Crippen LogP contribution in [0.25, 0.3) is 21.1 Å². The van der Waals surface area contributed by atoms with Crippen LogP contribution in [0.4, 0.5) is 11.4 Å². The van der Waals surface area contributed by atoms with Gasteiger partial charge in [0.1, 0.15) is 9.71 Å². The fourth-order valence-corrected chi connectivity index (χ4v) is 4.93. The number of fused-ring (bicyclic) bond motifs is 3. The first-order chi connectivity index (χ1) is 13.1. The first-order valence-electron chi connectivity index (χ1n) is 9.11. The van der Waals surface area contributed by atoms with E-state index >= 15 is 0 Å². The maximum atomic E-state index is 13.3. The zero-order valence-electron chi connectivity index (χ0n) is 15.0. The summed E-state index contributed by atoms with van der Waals surface area (Å²) in [6, 6.07) is 16.3. The Kier molecular flexibility index (Phi) is 3.65. The average molecular weight is 373 g/mol. The lowest BCUT2D eigenvalue weighted by Gasteiger charge is -2.29. The molecule has 0 atom stereocenters. The number of nitrogens with two attached hydrogens (primary N) is 1. The van der Waals surface area contributed by atoms with Gasteiger partial charge in [0.05, 0.1) is 11.2 Å². The molecule has 1 aliphatic heterocycles. The summed E-state index contributed by atoms with van der Waals surface area (Å²) in [5.74, 6) is -0.0246. The van der Waals surface area contributed by atoms with Gasteiger partial charge in [0, 0.05) is 23.0 Å². The maximum Gasteiger partial charge on any atom is 0.270 e. The number of amides is 1. The SMILES string of the molecule is Cc1cccc2cc3c(N)c(C(=O)N4CCCc5ccccc54)sc3nc12. The summed E-state index contributed by atoms with van der Waals surface area (Å²) in [7, 11) is 0. The molecule has 0 bridgehead atoms. The van der Waals surface area contributed by atoms with Crippen LogP contribution in [0.5, 0.6) is 0 Å². The Balaban J connectivity index is 1.65. The molecule has 0 radical (unpaired) electrons. The van der Waals surface area contributed by atoms with Crippen molar-refractivity contribution >= 4 is 49.7 Å². The van der Waals surface area contributed by atoms with Gasteiger partial charge >= 0.3 is 0 Å². The zero-order chi connectivity index (χ0) is 18.5. The molecule has 1 aliphatic rings. The summed E-state index contributed by atoms with van der Waals surface area (Å²) in [6.07, 6.45) is 1.98. The largest absolute Gasteiger partial charge is 0.397 e. The van der Waals surface area contributed by atoms with Crippen molar-refractivity contribution in [1.29, 1.82) is 0 Å². The van der Waals surface area contributed by atoms with Crippen LogP contribution in [-0.2, 0) is 6.42 Å². The lowest BCUT2D eigenvalue weighted by atomic mass is 10.0. The number of hydrogen-bond acceptors (Lipinski definition) is 4. The summed E-state index contributed by atoms with van der Waals surface area (Å²) >= 11 is 1.40. The molecule has 0 saturated carbocycles. The van der Waals surface area contributed by atoms with Crippen molar-refractivity contribution < 1.29 is 4.79 Å². The molecule has 134 valence electrons. The summed E-state index contributed by atoms with van der Waals surface area (Å²) in [5, 5.41) is 1.92. The van der Waals surface area contributed by atoms with Gasteiger partial charge in [0.2, 0.25) is 0 Å². The number of thiophene rings is 1. The minimum Gasteiger partial charge on any atom is -0.397 e. The standard InChI is InChI=1S/C22H19N3OS/c1-13-6-4-8-15-12-16-18(23)20(27-21(16)24-19(13)15)22(26)25-11-5-9-14-7-2-3-10-17(14)25/h2-4,6-8,10,12H,5,9,11,23H2,1H3. The molecule has 2 N–H and O–H groups in total. The van der Waals surface area contributed by atoms with Gasteiger partial charge in [-0.15, -0.1) is 11.3 Å². The topological polar surface area (TPSA) is 59.2 Å². The predicted molar refractivity (Wildman–Crippen MR) is 113 cm³/mol. The Morgan fingerprint density at radius 2 is 2.04 bits per heavy atom. The molecule has 1 amide bonds. The number of aryl methyl sites for hydroxylation is 2. The number of carbonyl (C=O) groups excluding carboxylic acids is 1. The summed E-state index contributed by atoms with van der Waals surface area (Å²) in [4.78, 5) is 21.4. The quantitative estimate of drug-likeness (QED) is 0.514. The van der Waals surface area contributed by atoms with Crippen molar-refractivity contribution in [3.8, 4) is 0 Å². The predicted octanol–water partition coefficient (Wildman–Crippen LogP) is 4.93. The highest BCUT2D eigenvalue weighted by Gasteiger charge is 2.27. The highest BCUT2D eigenvalue weighted by molar-refractivity contribution is 7.21. The van der Waals surface area contributed by atoms with Crippen molar-refractivity contribution in [3.05, 3.63) is 64.5 Å². The van der Waals surface area contributed by atoms with Crippen LogP contribution < -0.4 is 10.6 Å². The number of hydrogen-bond donors (Lipinski definition) is 1. The van der Waals surface area contributed by atoms with Crippen molar-refractivity contribution in [2.24, 2.45) is 0 Å². The third kappa shape index (κ3) is 2.50. The molecule has 3 heterocycles. The molecule has 2 aromatic heterocycles. The van der Waals surface area contributed by atoms with Crippen molar-refractivity contribution in [2.75, 3.05) is 17.2 Å². The normalized spacial score (nSPS) is 13.9. The fourth-order valence-electron chi connectivity index (χ4n) is 3.90. The number of rotatable bonds is 1. The van der Waals surface area contributed by atoms with Gasteiger partial charge in [0.15, 0.2) is 0 Å².